The summed E-state index contributed by atoms with van der Waals surface area (Å²) in [6.07, 6.45) is 11.8. The van der Waals surface area contributed by atoms with Crippen molar-refractivity contribution in [1.82, 2.24) is 9.47 Å². The number of amides is 1. The van der Waals surface area contributed by atoms with Gasteiger partial charge in [0, 0.05) is 70.1 Å². The van der Waals surface area contributed by atoms with E-state index >= 15 is 0 Å². The van der Waals surface area contributed by atoms with Crippen molar-refractivity contribution in [3.63, 3.8) is 0 Å². The molecule has 4 rings (SSSR count). The first-order valence-electron chi connectivity index (χ1n) is 14.4. The largest absolute Gasteiger partial charge is 0.387 e. The van der Waals surface area contributed by atoms with Crippen molar-refractivity contribution in [3.8, 4) is 11.1 Å². The molecule has 7 nitrogen and oxygen atoms in total. The van der Waals surface area contributed by atoms with E-state index in [1.807, 2.05) is 25.7 Å². The zero-order valence-electron chi connectivity index (χ0n) is 24.5. The van der Waals surface area contributed by atoms with Gasteiger partial charge in [-0.25, -0.2) is 8.60 Å². The summed E-state index contributed by atoms with van der Waals surface area (Å²) < 4.78 is 33.0. The molecule has 1 saturated carbocycles. The van der Waals surface area contributed by atoms with Crippen LogP contribution in [-0.2, 0) is 21.1 Å². The number of carbonyl (C=O) groups excluding carboxylic acids is 1. The first kappa shape index (κ1) is 30.4. The number of likely N-dealkylation sites (tertiary alicyclic amines) is 1. The third-order valence-corrected chi connectivity index (χ3v) is 9.44. The van der Waals surface area contributed by atoms with Crippen LogP contribution in [0.2, 0.25) is 0 Å². The number of halogens is 1. The van der Waals surface area contributed by atoms with E-state index in [1.165, 1.54) is 67.5 Å². The summed E-state index contributed by atoms with van der Waals surface area (Å²) in [5.41, 5.74) is -1.71. The number of aliphatic hydroxyl groups is 1. The van der Waals surface area contributed by atoms with Crippen molar-refractivity contribution in [3.05, 3.63) is 52.7 Å². The number of carbonyl (C=O) groups is 1. The SMILES string of the molecule is C[C@H](CC1CCCCC1)C(=O)N1CC[C@@](O)(Cn2cc(N=S(C)(C)=O)c(-c3ccccc3F)cc2=O)C(C)(C)C1. The Morgan fingerprint density at radius 2 is 1.85 bits per heavy atom. The van der Waals surface area contributed by atoms with Crippen LogP contribution in [0.15, 0.2) is 45.7 Å². The van der Waals surface area contributed by atoms with E-state index in [9.17, 15) is 23.3 Å². The molecule has 1 aliphatic heterocycles. The van der Waals surface area contributed by atoms with Crippen molar-refractivity contribution in [2.24, 2.45) is 21.6 Å². The molecule has 1 aliphatic carbocycles. The van der Waals surface area contributed by atoms with Gasteiger partial charge in [0.1, 0.15) is 5.82 Å². The molecule has 1 aromatic carbocycles. The van der Waals surface area contributed by atoms with E-state index in [2.05, 4.69) is 4.36 Å². The zero-order chi connectivity index (χ0) is 29.3. The second-order valence-electron chi connectivity index (χ2n) is 12.9. The second kappa shape index (κ2) is 11.8. The lowest BCUT2D eigenvalue weighted by atomic mass is 9.69. The molecular weight excluding hydrogens is 529 g/mol. The highest BCUT2D eigenvalue weighted by Crippen LogP contribution is 2.41. The van der Waals surface area contributed by atoms with Crippen LogP contribution < -0.4 is 5.56 Å². The van der Waals surface area contributed by atoms with Gasteiger partial charge in [0.25, 0.3) is 5.56 Å². The first-order chi connectivity index (χ1) is 18.7. The number of benzene rings is 1. The maximum absolute atomic E-state index is 14.7. The molecule has 1 aromatic heterocycles. The number of pyridine rings is 1. The minimum absolute atomic E-state index is 0.0207. The van der Waals surface area contributed by atoms with Crippen molar-refractivity contribution in [1.29, 1.82) is 0 Å². The number of rotatable bonds is 7. The van der Waals surface area contributed by atoms with Crippen LogP contribution in [0, 0.1) is 23.1 Å². The molecule has 2 aromatic rings. The molecule has 0 spiro atoms. The molecule has 2 atom stereocenters. The van der Waals surface area contributed by atoms with Crippen molar-refractivity contribution in [2.45, 2.75) is 77.9 Å². The maximum atomic E-state index is 14.7. The van der Waals surface area contributed by atoms with Gasteiger partial charge in [-0.2, -0.15) is 4.36 Å². The molecule has 1 amide bonds. The summed E-state index contributed by atoms with van der Waals surface area (Å²) in [5.74, 6) is 0.182. The van der Waals surface area contributed by atoms with E-state index in [-0.39, 0.29) is 35.2 Å². The summed E-state index contributed by atoms with van der Waals surface area (Å²) in [5, 5.41) is 11.9. The lowest BCUT2D eigenvalue weighted by Crippen LogP contribution is -2.61. The number of aromatic nitrogens is 1. The maximum Gasteiger partial charge on any atom is 0.251 e. The molecule has 1 N–H and O–H groups in total. The number of piperidine rings is 1. The Bertz CT molecular complexity index is 1410. The normalized spacial score (nSPS) is 22.6. The first-order valence-corrected chi connectivity index (χ1v) is 16.7. The summed E-state index contributed by atoms with van der Waals surface area (Å²) in [4.78, 5) is 28.5. The highest BCUT2D eigenvalue weighted by Gasteiger charge is 2.49. The summed E-state index contributed by atoms with van der Waals surface area (Å²) in [6.45, 7) is 6.64. The van der Waals surface area contributed by atoms with E-state index in [0.29, 0.717) is 25.4 Å². The Balaban J connectivity index is 1.58. The average Bonchev–Trinajstić information content (AvgIpc) is 2.87. The Kier molecular flexibility index (Phi) is 8.95. The Morgan fingerprint density at radius 3 is 2.48 bits per heavy atom. The summed E-state index contributed by atoms with van der Waals surface area (Å²) in [6, 6.07) is 7.38. The van der Waals surface area contributed by atoms with Gasteiger partial charge in [0.2, 0.25) is 5.91 Å². The number of hydrogen-bond donors (Lipinski definition) is 1. The van der Waals surface area contributed by atoms with E-state index < -0.39 is 32.1 Å². The smallest absolute Gasteiger partial charge is 0.251 e. The molecule has 40 heavy (non-hydrogen) atoms. The second-order valence-corrected chi connectivity index (χ2v) is 15.4. The number of nitrogens with zero attached hydrogens (tertiary/aromatic N) is 3. The van der Waals surface area contributed by atoms with Crippen LogP contribution in [-0.4, -0.2) is 55.9 Å². The van der Waals surface area contributed by atoms with E-state index in [0.717, 1.165) is 6.42 Å². The zero-order valence-corrected chi connectivity index (χ0v) is 25.3. The summed E-state index contributed by atoms with van der Waals surface area (Å²) in [7, 11) is -2.63. The van der Waals surface area contributed by atoms with Gasteiger partial charge in [0.05, 0.1) is 17.8 Å². The van der Waals surface area contributed by atoms with E-state index in [4.69, 9.17) is 0 Å². The van der Waals surface area contributed by atoms with E-state index in [1.54, 1.807) is 18.2 Å². The topological polar surface area (TPSA) is 92.0 Å². The van der Waals surface area contributed by atoms with Gasteiger partial charge in [-0.3, -0.25) is 9.59 Å². The molecule has 2 heterocycles. The lowest BCUT2D eigenvalue weighted by molar-refractivity contribution is -0.157. The lowest BCUT2D eigenvalue weighted by Gasteiger charge is -2.51. The quantitative estimate of drug-likeness (QED) is 0.466. The predicted octanol–water partition coefficient (Wildman–Crippen LogP) is 5.61. The van der Waals surface area contributed by atoms with Crippen LogP contribution >= 0.6 is 0 Å². The molecule has 2 fully saturated rings. The fourth-order valence-corrected chi connectivity index (χ4v) is 6.97. The van der Waals surface area contributed by atoms with Crippen LogP contribution in [0.1, 0.15) is 65.7 Å². The number of hydrogen-bond acceptors (Lipinski definition) is 5. The van der Waals surface area contributed by atoms with Crippen molar-refractivity contribution in [2.75, 3.05) is 25.6 Å². The van der Waals surface area contributed by atoms with Crippen molar-refractivity contribution < 1.29 is 18.5 Å². The van der Waals surface area contributed by atoms with Gasteiger partial charge in [0.15, 0.2) is 0 Å². The Morgan fingerprint density at radius 1 is 1.18 bits per heavy atom. The molecule has 0 unspecified atom stereocenters. The Hall–Kier alpha value is -2.52. The van der Waals surface area contributed by atoms with Gasteiger partial charge < -0.3 is 14.6 Å². The predicted molar refractivity (Wildman–Crippen MR) is 158 cm³/mol. The highest BCUT2D eigenvalue weighted by atomic mass is 32.2. The van der Waals surface area contributed by atoms with Gasteiger partial charge in [-0.1, -0.05) is 71.1 Å². The fourth-order valence-electron chi connectivity index (χ4n) is 6.35. The van der Waals surface area contributed by atoms with Gasteiger partial charge in [-0.15, -0.1) is 0 Å². The average molecular weight is 574 g/mol. The van der Waals surface area contributed by atoms with Crippen LogP contribution in [0.3, 0.4) is 0 Å². The fraction of sp³-hybridized carbons (Fsp3) is 0.613. The third-order valence-electron chi connectivity index (χ3n) is 8.81. The summed E-state index contributed by atoms with van der Waals surface area (Å²) >= 11 is 0. The van der Waals surface area contributed by atoms with Gasteiger partial charge >= 0.3 is 0 Å². The van der Waals surface area contributed by atoms with Gasteiger partial charge in [-0.05, 0) is 24.8 Å². The van der Waals surface area contributed by atoms with Crippen molar-refractivity contribution >= 4 is 21.3 Å². The molecule has 0 radical (unpaired) electrons. The highest BCUT2D eigenvalue weighted by molar-refractivity contribution is 7.92. The van der Waals surface area contributed by atoms with Crippen LogP contribution in [0.5, 0.6) is 0 Å². The minimum Gasteiger partial charge on any atom is -0.387 e. The minimum atomic E-state index is -2.63. The van der Waals surface area contributed by atoms with Crippen LogP contribution in [0.25, 0.3) is 11.1 Å². The molecule has 2 aliphatic rings. The molecule has 0 bridgehead atoms. The standard InChI is InChI=1S/C31H44FN3O4S/c1-22(17-23-11-7-6-8-12-23)29(37)34-16-15-31(38,30(2,3)20-34)21-35-19-27(33-40(4,5)39)25(18-28(35)36)24-13-9-10-14-26(24)32/h9-10,13-14,18-19,22-23,38H,6-8,11-12,15-17,20-21H2,1-5H3/t22-,31-/m1/s1. The third kappa shape index (κ3) is 6.85. The Labute approximate surface area is 238 Å². The monoisotopic (exact) mass is 573 g/mol. The molecule has 9 heteroatoms. The molecule has 1 saturated heterocycles. The molecule has 220 valence electrons. The molecular formula is C31H44FN3O4S. The van der Waals surface area contributed by atoms with Crippen LogP contribution in [0.4, 0.5) is 10.1 Å².